The van der Waals surface area contributed by atoms with Crippen LogP contribution in [0.25, 0.3) is 5.69 Å². The van der Waals surface area contributed by atoms with Gasteiger partial charge in [-0.3, -0.25) is 0 Å². The van der Waals surface area contributed by atoms with Crippen molar-refractivity contribution in [3.63, 3.8) is 0 Å². The van der Waals surface area contributed by atoms with E-state index >= 15 is 0 Å². The molecule has 0 atom stereocenters. The van der Waals surface area contributed by atoms with Crippen molar-refractivity contribution in [1.82, 2.24) is 9.78 Å². The van der Waals surface area contributed by atoms with Gasteiger partial charge in [0.25, 0.3) is 0 Å². The standard InChI is InChI=1S/C14H19N3O2/c1-18-13-7-3-6-12(9-13)17-14(19-2)11(10-16-17)5-4-8-15/h3,6-7,9-10H,4-5,8,15H2,1-2H3. The van der Waals surface area contributed by atoms with Crippen molar-refractivity contribution in [2.45, 2.75) is 12.8 Å². The Morgan fingerprint density at radius 3 is 2.79 bits per heavy atom. The molecule has 5 nitrogen and oxygen atoms in total. The minimum Gasteiger partial charge on any atom is -0.497 e. The molecule has 5 heteroatoms. The molecule has 1 heterocycles. The van der Waals surface area contributed by atoms with Gasteiger partial charge in [0.05, 0.1) is 26.1 Å². The second kappa shape index (κ2) is 6.24. The lowest BCUT2D eigenvalue weighted by atomic mass is 10.2. The molecule has 0 aliphatic carbocycles. The summed E-state index contributed by atoms with van der Waals surface area (Å²) in [7, 11) is 3.30. The number of nitrogens with zero attached hydrogens (tertiary/aromatic N) is 2. The van der Waals surface area contributed by atoms with Gasteiger partial charge in [-0.1, -0.05) is 6.07 Å². The molecule has 19 heavy (non-hydrogen) atoms. The molecule has 0 bridgehead atoms. The number of hydrogen-bond donors (Lipinski definition) is 1. The van der Waals surface area contributed by atoms with Crippen LogP contribution in [-0.4, -0.2) is 30.5 Å². The zero-order valence-corrected chi connectivity index (χ0v) is 11.3. The topological polar surface area (TPSA) is 62.3 Å². The van der Waals surface area contributed by atoms with Gasteiger partial charge < -0.3 is 15.2 Å². The molecular weight excluding hydrogens is 242 g/mol. The lowest BCUT2D eigenvalue weighted by Crippen LogP contribution is -2.03. The van der Waals surface area contributed by atoms with E-state index in [1.54, 1.807) is 18.9 Å². The number of rotatable bonds is 6. The van der Waals surface area contributed by atoms with Crippen molar-refractivity contribution in [1.29, 1.82) is 0 Å². The highest BCUT2D eigenvalue weighted by atomic mass is 16.5. The zero-order chi connectivity index (χ0) is 13.7. The lowest BCUT2D eigenvalue weighted by Gasteiger charge is -2.09. The van der Waals surface area contributed by atoms with Crippen LogP contribution in [0, 0.1) is 0 Å². The van der Waals surface area contributed by atoms with E-state index < -0.39 is 0 Å². The summed E-state index contributed by atoms with van der Waals surface area (Å²) in [5.74, 6) is 1.54. The van der Waals surface area contributed by atoms with Crippen molar-refractivity contribution >= 4 is 0 Å². The molecule has 0 saturated carbocycles. The fourth-order valence-corrected chi connectivity index (χ4v) is 1.98. The van der Waals surface area contributed by atoms with Crippen LogP contribution in [0.1, 0.15) is 12.0 Å². The first-order valence-electron chi connectivity index (χ1n) is 6.25. The van der Waals surface area contributed by atoms with Gasteiger partial charge in [-0.25, -0.2) is 4.68 Å². The highest BCUT2D eigenvalue weighted by Gasteiger charge is 2.12. The van der Waals surface area contributed by atoms with Crippen molar-refractivity contribution in [3.05, 3.63) is 36.0 Å². The quantitative estimate of drug-likeness (QED) is 0.861. The molecule has 1 aromatic carbocycles. The zero-order valence-electron chi connectivity index (χ0n) is 11.3. The Balaban J connectivity index is 2.35. The third kappa shape index (κ3) is 2.88. The summed E-state index contributed by atoms with van der Waals surface area (Å²) in [5.41, 5.74) is 7.52. The first kappa shape index (κ1) is 13.4. The second-order valence-corrected chi connectivity index (χ2v) is 4.18. The summed E-state index contributed by atoms with van der Waals surface area (Å²) < 4.78 is 12.5. The maximum absolute atomic E-state index is 5.54. The maximum Gasteiger partial charge on any atom is 0.219 e. The Hall–Kier alpha value is -2.01. The number of aryl methyl sites for hydroxylation is 1. The normalized spacial score (nSPS) is 10.5. The summed E-state index contributed by atoms with van der Waals surface area (Å²) in [6, 6.07) is 7.70. The minimum absolute atomic E-state index is 0.660. The third-order valence-corrected chi connectivity index (χ3v) is 2.94. The number of benzene rings is 1. The molecule has 0 saturated heterocycles. The summed E-state index contributed by atoms with van der Waals surface area (Å²) in [6.07, 6.45) is 3.61. The maximum atomic E-state index is 5.54. The van der Waals surface area contributed by atoms with E-state index in [0.717, 1.165) is 35.7 Å². The molecule has 102 valence electrons. The Bertz CT molecular complexity index is 537. The number of ether oxygens (including phenoxy) is 2. The van der Waals surface area contributed by atoms with Gasteiger partial charge in [-0.05, 0) is 31.5 Å². The summed E-state index contributed by atoms with van der Waals surface area (Å²) in [4.78, 5) is 0. The average Bonchev–Trinajstić information content (AvgIpc) is 2.88. The molecule has 2 rings (SSSR count). The number of aromatic nitrogens is 2. The van der Waals surface area contributed by atoms with Crippen molar-refractivity contribution in [2.75, 3.05) is 20.8 Å². The molecule has 0 fully saturated rings. The van der Waals surface area contributed by atoms with Gasteiger partial charge in [0.2, 0.25) is 5.88 Å². The minimum atomic E-state index is 0.660. The number of methoxy groups -OCH3 is 2. The third-order valence-electron chi connectivity index (χ3n) is 2.94. The second-order valence-electron chi connectivity index (χ2n) is 4.18. The molecule has 0 amide bonds. The fraction of sp³-hybridized carbons (Fsp3) is 0.357. The molecule has 0 spiro atoms. The van der Waals surface area contributed by atoms with E-state index in [9.17, 15) is 0 Å². The van der Waals surface area contributed by atoms with Crippen molar-refractivity contribution in [3.8, 4) is 17.3 Å². The number of nitrogens with two attached hydrogens (primary N) is 1. The molecule has 1 aromatic heterocycles. The van der Waals surface area contributed by atoms with Gasteiger partial charge in [0.15, 0.2) is 0 Å². The molecule has 0 unspecified atom stereocenters. The monoisotopic (exact) mass is 261 g/mol. The van der Waals surface area contributed by atoms with Gasteiger partial charge in [-0.2, -0.15) is 5.10 Å². The van der Waals surface area contributed by atoms with E-state index in [1.165, 1.54) is 0 Å². The lowest BCUT2D eigenvalue weighted by molar-refractivity contribution is 0.378. The van der Waals surface area contributed by atoms with Gasteiger partial charge in [0.1, 0.15) is 5.75 Å². The van der Waals surface area contributed by atoms with Gasteiger partial charge >= 0.3 is 0 Å². The Kier molecular flexibility index (Phi) is 4.41. The predicted molar refractivity (Wildman–Crippen MR) is 74.0 cm³/mol. The van der Waals surface area contributed by atoms with Crippen LogP contribution in [0.15, 0.2) is 30.5 Å². The SMILES string of the molecule is COc1cccc(-n2ncc(CCCN)c2OC)c1. The van der Waals surface area contributed by atoms with Gasteiger partial charge in [-0.15, -0.1) is 0 Å². The molecular formula is C14H19N3O2. The van der Waals surface area contributed by atoms with E-state index in [1.807, 2.05) is 30.5 Å². The van der Waals surface area contributed by atoms with Crippen LogP contribution < -0.4 is 15.2 Å². The molecule has 2 aromatic rings. The highest BCUT2D eigenvalue weighted by molar-refractivity contribution is 5.42. The van der Waals surface area contributed by atoms with Crippen LogP contribution in [0.5, 0.6) is 11.6 Å². The van der Waals surface area contributed by atoms with E-state index in [0.29, 0.717) is 6.54 Å². The summed E-state index contributed by atoms with van der Waals surface area (Å²) in [5, 5.41) is 4.38. The van der Waals surface area contributed by atoms with Gasteiger partial charge in [0, 0.05) is 11.6 Å². The average molecular weight is 261 g/mol. The van der Waals surface area contributed by atoms with E-state index in [2.05, 4.69) is 5.10 Å². The Labute approximate surface area is 112 Å². The van der Waals surface area contributed by atoms with Crippen LogP contribution in [0.4, 0.5) is 0 Å². The first-order valence-corrected chi connectivity index (χ1v) is 6.25. The largest absolute Gasteiger partial charge is 0.497 e. The predicted octanol–water partition coefficient (Wildman–Crippen LogP) is 1.78. The van der Waals surface area contributed by atoms with Crippen LogP contribution >= 0.6 is 0 Å². The molecule has 2 N–H and O–H groups in total. The summed E-state index contributed by atoms with van der Waals surface area (Å²) >= 11 is 0. The first-order chi connectivity index (χ1) is 9.30. The smallest absolute Gasteiger partial charge is 0.219 e. The van der Waals surface area contributed by atoms with Crippen molar-refractivity contribution < 1.29 is 9.47 Å². The molecule has 0 radical (unpaired) electrons. The number of hydrogen-bond acceptors (Lipinski definition) is 4. The summed E-state index contributed by atoms with van der Waals surface area (Å²) in [6.45, 7) is 0.660. The highest BCUT2D eigenvalue weighted by Crippen LogP contribution is 2.25. The van der Waals surface area contributed by atoms with Crippen LogP contribution in [-0.2, 0) is 6.42 Å². The van der Waals surface area contributed by atoms with Crippen molar-refractivity contribution in [2.24, 2.45) is 5.73 Å². The molecule has 0 aliphatic rings. The fourth-order valence-electron chi connectivity index (χ4n) is 1.98. The molecule has 0 aliphatic heterocycles. The van der Waals surface area contributed by atoms with E-state index in [4.69, 9.17) is 15.2 Å². The van der Waals surface area contributed by atoms with Crippen LogP contribution in [0.2, 0.25) is 0 Å². The van der Waals surface area contributed by atoms with Crippen LogP contribution in [0.3, 0.4) is 0 Å². The Morgan fingerprint density at radius 1 is 1.26 bits per heavy atom. The van der Waals surface area contributed by atoms with E-state index in [-0.39, 0.29) is 0 Å². The Morgan fingerprint density at radius 2 is 2.11 bits per heavy atom.